The first kappa shape index (κ1) is 19.8. The zero-order valence-electron chi connectivity index (χ0n) is 16.3. The molecule has 0 spiro atoms. The highest BCUT2D eigenvalue weighted by Gasteiger charge is 2.17. The van der Waals surface area contributed by atoms with Gasteiger partial charge in [-0.15, -0.1) is 0 Å². The van der Waals surface area contributed by atoms with Gasteiger partial charge in [0.25, 0.3) is 5.91 Å². The molecule has 0 atom stereocenters. The highest BCUT2D eigenvalue weighted by molar-refractivity contribution is 6.04. The molecule has 0 bridgehead atoms. The normalized spacial score (nSPS) is 10.6. The van der Waals surface area contributed by atoms with E-state index in [1.54, 1.807) is 42.5 Å². The number of carbonyl (C=O) groups is 1. The number of fused-ring (bicyclic) bond motifs is 1. The van der Waals surface area contributed by atoms with Gasteiger partial charge in [-0.25, -0.2) is 4.79 Å². The number of anilines is 1. The molecule has 0 saturated carbocycles. The smallest absolute Gasteiger partial charge is 0.344 e. The summed E-state index contributed by atoms with van der Waals surface area (Å²) in [6.07, 6.45) is 0. The van der Waals surface area contributed by atoms with Gasteiger partial charge >= 0.3 is 11.3 Å². The van der Waals surface area contributed by atoms with Gasteiger partial charge in [-0.1, -0.05) is 30.3 Å². The maximum Gasteiger partial charge on any atom is 0.344 e. The van der Waals surface area contributed by atoms with Gasteiger partial charge in [0.05, 0.1) is 17.6 Å². The van der Waals surface area contributed by atoms with Crippen LogP contribution in [0.2, 0.25) is 0 Å². The summed E-state index contributed by atoms with van der Waals surface area (Å²) in [5.74, 6) is -0.349. The predicted molar refractivity (Wildman–Crippen MR) is 116 cm³/mol. The van der Waals surface area contributed by atoms with E-state index in [1.165, 1.54) is 25.3 Å². The van der Waals surface area contributed by atoms with Crippen molar-refractivity contribution in [2.75, 3.05) is 12.4 Å². The Morgan fingerprint density at radius 1 is 1.03 bits per heavy atom. The van der Waals surface area contributed by atoms with Crippen molar-refractivity contribution >= 4 is 28.3 Å². The molecule has 0 fully saturated rings. The van der Waals surface area contributed by atoms with Crippen LogP contribution in [0.25, 0.3) is 22.1 Å². The lowest BCUT2D eigenvalue weighted by atomic mass is 10.0. The molecule has 0 aliphatic rings. The van der Waals surface area contributed by atoms with Gasteiger partial charge in [0, 0.05) is 22.7 Å². The summed E-state index contributed by atoms with van der Waals surface area (Å²) >= 11 is 0. The Kier molecular flexibility index (Phi) is 5.19. The summed E-state index contributed by atoms with van der Waals surface area (Å²) in [4.78, 5) is 35.4. The fraction of sp³-hybridized carbons (Fsp3) is 0.0435. The number of methoxy groups -OCH3 is 1. The van der Waals surface area contributed by atoms with Crippen LogP contribution in [0.4, 0.5) is 11.4 Å². The summed E-state index contributed by atoms with van der Waals surface area (Å²) in [7, 11) is 1.33. The molecule has 4 aromatic rings. The monoisotopic (exact) mass is 416 g/mol. The Bertz CT molecular complexity index is 1360. The third-order valence-corrected chi connectivity index (χ3v) is 4.73. The molecule has 1 heterocycles. The molecular weight excluding hydrogens is 400 g/mol. The van der Waals surface area contributed by atoms with Crippen molar-refractivity contribution in [3.05, 3.63) is 98.9 Å². The number of nitrogens with one attached hydrogen (secondary N) is 1. The number of nitro benzene ring substituents is 1. The quantitative estimate of drug-likeness (QED) is 0.288. The number of nitro groups is 1. The van der Waals surface area contributed by atoms with E-state index in [-0.39, 0.29) is 17.1 Å². The van der Waals surface area contributed by atoms with E-state index < -0.39 is 16.5 Å². The van der Waals surface area contributed by atoms with E-state index in [1.807, 2.05) is 12.1 Å². The van der Waals surface area contributed by atoms with Crippen LogP contribution < -0.4 is 15.7 Å². The zero-order chi connectivity index (χ0) is 22.0. The predicted octanol–water partition coefficient (Wildman–Crippen LogP) is 4.63. The number of carbonyl (C=O) groups excluding carboxylic acids is 1. The summed E-state index contributed by atoms with van der Waals surface area (Å²) in [6, 6.07) is 19.5. The number of ether oxygens (including phenoxy) is 1. The fourth-order valence-corrected chi connectivity index (χ4v) is 3.18. The molecule has 31 heavy (non-hydrogen) atoms. The second kappa shape index (κ2) is 8.11. The molecule has 8 nitrogen and oxygen atoms in total. The molecule has 0 unspecified atom stereocenters. The SMILES string of the molecule is COc1ccc(NC(=O)c2ccc(-c3cc4ccccc4oc3=O)cc2)cc1[N+](=O)[O-]. The lowest BCUT2D eigenvalue weighted by Gasteiger charge is -2.08. The first-order valence-electron chi connectivity index (χ1n) is 9.23. The van der Waals surface area contributed by atoms with Gasteiger partial charge in [0.2, 0.25) is 0 Å². The molecule has 1 aromatic heterocycles. The zero-order valence-corrected chi connectivity index (χ0v) is 16.3. The van der Waals surface area contributed by atoms with Crippen molar-refractivity contribution in [1.82, 2.24) is 0 Å². The standard InChI is InChI=1S/C23H16N2O6/c1-30-21-11-10-17(13-19(21)25(28)29)24-22(26)15-8-6-14(7-9-15)18-12-16-4-2-3-5-20(16)31-23(18)27/h2-13H,1H3,(H,24,26). The number of nitrogens with zero attached hydrogens (tertiary/aromatic N) is 1. The number of amides is 1. The molecule has 4 rings (SSSR count). The van der Waals surface area contributed by atoms with Crippen LogP contribution in [0.1, 0.15) is 10.4 Å². The van der Waals surface area contributed by atoms with Gasteiger partial charge in [0.15, 0.2) is 5.75 Å². The van der Waals surface area contributed by atoms with Crippen molar-refractivity contribution in [1.29, 1.82) is 0 Å². The highest BCUT2D eigenvalue weighted by atomic mass is 16.6. The van der Waals surface area contributed by atoms with Crippen LogP contribution >= 0.6 is 0 Å². The second-order valence-corrected chi connectivity index (χ2v) is 6.66. The molecule has 0 radical (unpaired) electrons. The highest BCUT2D eigenvalue weighted by Crippen LogP contribution is 2.30. The van der Waals surface area contributed by atoms with Crippen LogP contribution in [-0.4, -0.2) is 17.9 Å². The van der Waals surface area contributed by atoms with Crippen LogP contribution in [0, 0.1) is 10.1 Å². The number of rotatable bonds is 5. The van der Waals surface area contributed by atoms with Crippen molar-refractivity contribution in [2.45, 2.75) is 0 Å². The summed E-state index contributed by atoms with van der Waals surface area (Å²) in [5, 5.41) is 14.6. The Morgan fingerprint density at radius 3 is 2.48 bits per heavy atom. The Balaban J connectivity index is 1.58. The summed E-state index contributed by atoms with van der Waals surface area (Å²) < 4.78 is 10.3. The first-order chi connectivity index (χ1) is 15.0. The van der Waals surface area contributed by atoms with Crippen molar-refractivity contribution in [3.8, 4) is 16.9 Å². The lowest BCUT2D eigenvalue weighted by Crippen LogP contribution is -2.12. The van der Waals surface area contributed by atoms with Gasteiger partial charge in [-0.3, -0.25) is 14.9 Å². The van der Waals surface area contributed by atoms with E-state index in [2.05, 4.69) is 5.32 Å². The third-order valence-electron chi connectivity index (χ3n) is 4.73. The van der Waals surface area contributed by atoms with E-state index in [4.69, 9.17) is 9.15 Å². The molecule has 3 aromatic carbocycles. The molecule has 0 aliphatic carbocycles. The Hall–Kier alpha value is -4.46. The van der Waals surface area contributed by atoms with Crippen LogP contribution in [-0.2, 0) is 0 Å². The number of hydrogen-bond donors (Lipinski definition) is 1. The van der Waals surface area contributed by atoms with Crippen LogP contribution in [0.3, 0.4) is 0 Å². The second-order valence-electron chi connectivity index (χ2n) is 6.66. The molecule has 0 saturated heterocycles. The Labute approximate surface area is 175 Å². The summed E-state index contributed by atoms with van der Waals surface area (Å²) in [6.45, 7) is 0. The molecule has 0 aliphatic heterocycles. The number of para-hydroxylation sites is 1. The number of hydrogen-bond acceptors (Lipinski definition) is 6. The van der Waals surface area contributed by atoms with Crippen molar-refractivity contribution in [3.63, 3.8) is 0 Å². The van der Waals surface area contributed by atoms with Gasteiger partial charge in [0.1, 0.15) is 5.58 Å². The molecular formula is C23H16N2O6. The largest absolute Gasteiger partial charge is 0.490 e. The van der Waals surface area contributed by atoms with E-state index in [0.717, 1.165) is 5.39 Å². The van der Waals surface area contributed by atoms with E-state index in [0.29, 0.717) is 22.3 Å². The van der Waals surface area contributed by atoms with E-state index >= 15 is 0 Å². The molecule has 1 amide bonds. The van der Waals surface area contributed by atoms with Gasteiger partial charge < -0.3 is 14.5 Å². The average molecular weight is 416 g/mol. The Morgan fingerprint density at radius 2 is 1.77 bits per heavy atom. The molecule has 154 valence electrons. The topological polar surface area (TPSA) is 112 Å². The van der Waals surface area contributed by atoms with Crippen molar-refractivity contribution < 1.29 is 18.9 Å². The lowest BCUT2D eigenvalue weighted by molar-refractivity contribution is -0.385. The van der Waals surface area contributed by atoms with Gasteiger partial charge in [-0.05, 0) is 42.0 Å². The van der Waals surface area contributed by atoms with E-state index in [9.17, 15) is 19.7 Å². The van der Waals surface area contributed by atoms with Crippen molar-refractivity contribution in [2.24, 2.45) is 0 Å². The minimum atomic E-state index is -0.585. The minimum Gasteiger partial charge on any atom is -0.490 e. The van der Waals surface area contributed by atoms with Crippen LogP contribution in [0.15, 0.2) is 82.0 Å². The summed E-state index contributed by atoms with van der Waals surface area (Å²) in [5.41, 5.74) is 1.36. The third kappa shape index (κ3) is 3.99. The number of benzene rings is 3. The molecule has 8 heteroatoms. The molecule has 1 N–H and O–H groups in total. The first-order valence-corrected chi connectivity index (χ1v) is 9.23. The minimum absolute atomic E-state index is 0.0987. The average Bonchev–Trinajstić information content (AvgIpc) is 2.78. The fourth-order valence-electron chi connectivity index (χ4n) is 3.18. The van der Waals surface area contributed by atoms with Gasteiger partial charge in [-0.2, -0.15) is 0 Å². The maximum absolute atomic E-state index is 12.5. The maximum atomic E-state index is 12.5. The van der Waals surface area contributed by atoms with Crippen LogP contribution in [0.5, 0.6) is 5.75 Å².